The minimum atomic E-state index is -0.537. The van der Waals surface area contributed by atoms with Crippen LogP contribution in [0.3, 0.4) is 0 Å². The Morgan fingerprint density at radius 2 is 1.70 bits per heavy atom. The average Bonchev–Trinajstić information content (AvgIpc) is 2.29. The number of nitrogens with zero attached hydrogens (tertiary/aromatic N) is 2. The zero-order valence-electron chi connectivity index (χ0n) is 12.9. The van der Waals surface area contributed by atoms with E-state index in [1.54, 1.807) is 29.2 Å². The lowest BCUT2D eigenvalue weighted by atomic mass is 10.2. The minimum absolute atomic E-state index is 0.172. The molecule has 1 N–H and O–H groups in total. The Bertz CT molecular complexity index is 435. The van der Waals surface area contributed by atoms with E-state index in [4.69, 9.17) is 4.74 Å². The standard InChI is InChI=1S/C15H24N2O3/c1-15(2,3)20-14(19)17(11-10-16(4)5)12-6-8-13(18)9-7-12/h6-9,18H,10-11H2,1-5H3. The Morgan fingerprint density at radius 3 is 2.15 bits per heavy atom. The number of hydrogen-bond donors (Lipinski definition) is 1. The molecule has 0 heterocycles. The van der Waals surface area contributed by atoms with Gasteiger partial charge in [0.25, 0.3) is 0 Å². The van der Waals surface area contributed by atoms with E-state index < -0.39 is 5.60 Å². The van der Waals surface area contributed by atoms with Gasteiger partial charge in [0.1, 0.15) is 11.4 Å². The lowest BCUT2D eigenvalue weighted by Crippen LogP contribution is -2.40. The number of carbonyl (C=O) groups is 1. The van der Waals surface area contributed by atoms with Crippen molar-refractivity contribution in [2.45, 2.75) is 26.4 Å². The van der Waals surface area contributed by atoms with Gasteiger partial charge in [0.05, 0.1) is 0 Å². The smallest absolute Gasteiger partial charge is 0.414 e. The number of likely N-dealkylation sites (N-methyl/N-ethyl adjacent to an activating group) is 1. The van der Waals surface area contributed by atoms with Crippen molar-refractivity contribution in [3.05, 3.63) is 24.3 Å². The molecule has 0 bridgehead atoms. The fraction of sp³-hybridized carbons (Fsp3) is 0.533. The van der Waals surface area contributed by atoms with Crippen LogP contribution in [0.5, 0.6) is 5.75 Å². The van der Waals surface area contributed by atoms with Gasteiger partial charge in [0.15, 0.2) is 0 Å². The molecule has 0 atom stereocenters. The van der Waals surface area contributed by atoms with Crippen LogP contribution < -0.4 is 4.90 Å². The van der Waals surface area contributed by atoms with Crippen LogP contribution in [0.25, 0.3) is 0 Å². The molecule has 0 saturated carbocycles. The first kappa shape index (κ1) is 16.3. The fourth-order valence-electron chi connectivity index (χ4n) is 1.58. The van der Waals surface area contributed by atoms with E-state index >= 15 is 0 Å². The number of ether oxygens (including phenoxy) is 1. The van der Waals surface area contributed by atoms with Gasteiger partial charge in [-0.2, -0.15) is 0 Å². The maximum absolute atomic E-state index is 12.3. The molecule has 0 fully saturated rings. The molecule has 5 heteroatoms. The van der Waals surface area contributed by atoms with Crippen LogP contribution in [-0.4, -0.2) is 48.9 Å². The van der Waals surface area contributed by atoms with Crippen LogP contribution in [0.1, 0.15) is 20.8 Å². The molecule has 0 spiro atoms. The first-order valence-electron chi connectivity index (χ1n) is 6.63. The lowest BCUT2D eigenvalue weighted by Gasteiger charge is -2.28. The summed E-state index contributed by atoms with van der Waals surface area (Å²) in [5, 5.41) is 9.34. The Hall–Kier alpha value is -1.75. The van der Waals surface area contributed by atoms with Gasteiger partial charge in [-0.1, -0.05) is 0 Å². The Morgan fingerprint density at radius 1 is 1.15 bits per heavy atom. The highest BCUT2D eigenvalue weighted by Gasteiger charge is 2.23. The molecule has 1 aromatic rings. The van der Waals surface area contributed by atoms with Crippen molar-refractivity contribution in [3.63, 3.8) is 0 Å². The van der Waals surface area contributed by atoms with Gasteiger partial charge in [-0.25, -0.2) is 4.79 Å². The highest BCUT2D eigenvalue weighted by Crippen LogP contribution is 2.21. The van der Waals surface area contributed by atoms with E-state index in [1.807, 2.05) is 39.8 Å². The maximum Gasteiger partial charge on any atom is 0.414 e. The van der Waals surface area contributed by atoms with Gasteiger partial charge < -0.3 is 14.7 Å². The molecule has 20 heavy (non-hydrogen) atoms. The normalized spacial score (nSPS) is 11.5. The first-order chi connectivity index (χ1) is 9.19. The molecule has 0 unspecified atom stereocenters. The van der Waals surface area contributed by atoms with E-state index in [9.17, 15) is 9.90 Å². The third-order valence-corrected chi connectivity index (χ3v) is 2.55. The van der Waals surface area contributed by atoms with Gasteiger partial charge in [-0.05, 0) is 59.1 Å². The largest absolute Gasteiger partial charge is 0.508 e. The molecule has 0 radical (unpaired) electrons. The number of carbonyl (C=O) groups excluding carboxylic acids is 1. The van der Waals surface area contributed by atoms with Gasteiger partial charge in [0, 0.05) is 18.8 Å². The average molecular weight is 280 g/mol. The number of phenolic OH excluding ortho intramolecular Hbond substituents is 1. The van der Waals surface area contributed by atoms with Crippen molar-refractivity contribution in [1.29, 1.82) is 0 Å². The molecule has 0 aromatic heterocycles. The summed E-state index contributed by atoms with van der Waals surface area (Å²) in [6, 6.07) is 6.52. The van der Waals surface area contributed by atoms with Gasteiger partial charge in [-0.15, -0.1) is 0 Å². The summed E-state index contributed by atoms with van der Waals surface area (Å²) >= 11 is 0. The van der Waals surface area contributed by atoms with Crippen LogP contribution in [-0.2, 0) is 4.74 Å². The van der Waals surface area contributed by atoms with Crippen molar-refractivity contribution < 1.29 is 14.6 Å². The Balaban J connectivity index is 2.89. The van der Waals surface area contributed by atoms with E-state index in [2.05, 4.69) is 0 Å². The van der Waals surface area contributed by atoms with Crippen molar-refractivity contribution in [2.24, 2.45) is 0 Å². The lowest BCUT2D eigenvalue weighted by molar-refractivity contribution is 0.0578. The Labute approximate surface area is 120 Å². The molecule has 0 aliphatic rings. The zero-order chi connectivity index (χ0) is 15.3. The van der Waals surface area contributed by atoms with Crippen molar-refractivity contribution in [1.82, 2.24) is 4.90 Å². The van der Waals surface area contributed by atoms with Crippen molar-refractivity contribution >= 4 is 11.8 Å². The number of amides is 1. The number of anilines is 1. The molecular weight excluding hydrogens is 256 g/mol. The summed E-state index contributed by atoms with van der Waals surface area (Å²) in [5.41, 5.74) is 0.170. The summed E-state index contributed by atoms with van der Waals surface area (Å²) in [7, 11) is 3.90. The summed E-state index contributed by atoms with van der Waals surface area (Å²) in [4.78, 5) is 15.9. The molecule has 1 amide bonds. The van der Waals surface area contributed by atoms with Crippen molar-refractivity contribution in [3.8, 4) is 5.75 Å². The molecule has 0 saturated heterocycles. The quantitative estimate of drug-likeness (QED) is 0.921. The third-order valence-electron chi connectivity index (χ3n) is 2.55. The monoisotopic (exact) mass is 280 g/mol. The van der Waals surface area contributed by atoms with Crippen LogP contribution in [0.4, 0.5) is 10.5 Å². The van der Waals surface area contributed by atoms with E-state index in [-0.39, 0.29) is 11.8 Å². The number of hydrogen-bond acceptors (Lipinski definition) is 4. The summed E-state index contributed by atoms with van der Waals surface area (Å²) in [6.45, 7) is 6.76. The SMILES string of the molecule is CN(C)CCN(C(=O)OC(C)(C)C)c1ccc(O)cc1. The van der Waals surface area contributed by atoms with E-state index in [1.165, 1.54) is 0 Å². The van der Waals surface area contributed by atoms with Crippen LogP contribution in [0.15, 0.2) is 24.3 Å². The Kier molecular flexibility index (Phi) is 5.39. The van der Waals surface area contributed by atoms with Crippen LogP contribution in [0.2, 0.25) is 0 Å². The van der Waals surface area contributed by atoms with E-state index in [0.29, 0.717) is 12.2 Å². The number of benzene rings is 1. The maximum atomic E-state index is 12.3. The van der Waals surface area contributed by atoms with Gasteiger partial charge in [0.2, 0.25) is 0 Å². The first-order valence-corrected chi connectivity index (χ1v) is 6.63. The van der Waals surface area contributed by atoms with Crippen molar-refractivity contribution in [2.75, 3.05) is 32.1 Å². The molecule has 0 aliphatic carbocycles. The number of rotatable bonds is 4. The molecule has 1 aromatic carbocycles. The highest BCUT2D eigenvalue weighted by atomic mass is 16.6. The van der Waals surface area contributed by atoms with Crippen LogP contribution in [0, 0.1) is 0 Å². The summed E-state index contributed by atoms with van der Waals surface area (Å²) in [6.07, 6.45) is -0.384. The molecule has 5 nitrogen and oxygen atoms in total. The number of aromatic hydroxyl groups is 1. The summed E-state index contributed by atoms with van der Waals surface area (Å²) < 4.78 is 5.42. The molecule has 0 aliphatic heterocycles. The summed E-state index contributed by atoms with van der Waals surface area (Å²) in [5.74, 6) is 0.172. The second-order valence-electron chi connectivity index (χ2n) is 5.95. The van der Waals surface area contributed by atoms with Crippen LogP contribution >= 0.6 is 0 Å². The molecule has 112 valence electrons. The predicted octanol–water partition coefficient (Wildman–Crippen LogP) is 2.70. The number of phenols is 1. The van der Waals surface area contributed by atoms with Gasteiger partial charge in [-0.3, -0.25) is 4.90 Å². The third kappa shape index (κ3) is 5.48. The molecular formula is C15H24N2O3. The van der Waals surface area contributed by atoms with Gasteiger partial charge >= 0.3 is 6.09 Å². The minimum Gasteiger partial charge on any atom is -0.508 e. The topological polar surface area (TPSA) is 53.0 Å². The second-order valence-corrected chi connectivity index (χ2v) is 5.95. The van der Waals surface area contributed by atoms with E-state index in [0.717, 1.165) is 6.54 Å². The fourth-order valence-corrected chi connectivity index (χ4v) is 1.58. The molecule has 1 rings (SSSR count). The second kappa shape index (κ2) is 6.61. The predicted molar refractivity (Wildman–Crippen MR) is 80.2 cm³/mol. The highest BCUT2D eigenvalue weighted by molar-refractivity contribution is 5.87. The zero-order valence-corrected chi connectivity index (χ0v) is 12.9.